The van der Waals surface area contributed by atoms with Gasteiger partial charge < -0.3 is 9.88 Å². The van der Waals surface area contributed by atoms with Crippen molar-refractivity contribution in [1.29, 1.82) is 0 Å². The maximum absolute atomic E-state index is 6.07. The number of rotatable bonds is 1. The molecule has 1 unspecified atom stereocenters. The Kier molecular flexibility index (Phi) is 4.06. The van der Waals surface area contributed by atoms with Crippen molar-refractivity contribution in [3.8, 4) is 5.69 Å². The molecule has 1 aliphatic rings. The molecule has 1 N–H and O–H groups in total. The summed E-state index contributed by atoms with van der Waals surface area (Å²) >= 11 is 7.92. The number of anilines is 2. The molecule has 1 aliphatic heterocycles. The van der Waals surface area contributed by atoms with E-state index in [1.165, 1.54) is 36.0 Å². The fourth-order valence-electron chi connectivity index (χ4n) is 5.30. The number of nitrogens with zero attached hydrogens (tertiary/aromatic N) is 2. The number of thiophene rings is 1. The van der Waals surface area contributed by atoms with E-state index in [0.717, 1.165) is 33.0 Å². The summed E-state index contributed by atoms with van der Waals surface area (Å²) in [6.45, 7) is 0. The van der Waals surface area contributed by atoms with Crippen LogP contribution in [0.4, 0.5) is 11.4 Å². The number of nitrogens with one attached hydrogen (secondary N) is 1. The highest BCUT2D eigenvalue weighted by Gasteiger charge is 2.22. The highest BCUT2D eigenvalue weighted by Crippen LogP contribution is 2.44. The van der Waals surface area contributed by atoms with Gasteiger partial charge in [-0.15, -0.1) is 11.3 Å². The van der Waals surface area contributed by atoms with Crippen LogP contribution in [0.15, 0.2) is 107 Å². The molecular weight excluding hydrogens is 487 g/mol. The third kappa shape index (κ3) is 2.70. The first-order valence-electron chi connectivity index (χ1n) is 11.4. The largest absolute Gasteiger partial charge is 0.354 e. The SMILES string of the molecule is S=S1c2ccccc2Nc2ccc(-n3c4cccnc4c4ccc5sc6ccccc6c5c43)cc21. The van der Waals surface area contributed by atoms with E-state index in [2.05, 4.69) is 94.8 Å². The Morgan fingerprint density at radius 1 is 0.771 bits per heavy atom. The molecule has 0 amide bonds. The fraction of sp³-hybridized carbons (Fsp3) is 0. The van der Waals surface area contributed by atoms with E-state index in [4.69, 9.17) is 16.2 Å². The molecule has 6 heteroatoms. The third-order valence-corrected chi connectivity index (χ3v) is 10.5. The average molecular weight is 504 g/mol. The van der Waals surface area contributed by atoms with Gasteiger partial charge >= 0.3 is 0 Å². The molecule has 3 aromatic heterocycles. The van der Waals surface area contributed by atoms with Crippen molar-refractivity contribution in [3.63, 3.8) is 0 Å². The van der Waals surface area contributed by atoms with Crippen molar-refractivity contribution in [2.75, 3.05) is 5.32 Å². The second-order valence-electron chi connectivity index (χ2n) is 8.71. The maximum Gasteiger partial charge on any atom is 0.0963 e. The molecule has 1 atom stereocenters. The lowest BCUT2D eigenvalue weighted by Gasteiger charge is -2.23. The standard InChI is InChI=1S/C29H17N3S3/c33-35-25-10-4-2-7-20(25)31-21-13-11-17(16-26(21)35)32-22-8-5-15-30-28(22)19-12-14-24-27(29(19)32)18-6-1-3-9-23(18)34-24/h1-16,31H. The lowest BCUT2D eigenvalue weighted by atomic mass is 10.1. The molecule has 35 heavy (non-hydrogen) atoms. The van der Waals surface area contributed by atoms with E-state index in [9.17, 15) is 0 Å². The summed E-state index contributed by atoms with van der Waals surface area (Å²) in [6.07, 6.45) is 1.89. The van der Waals surface area contributed by atoms with Gasteiger partial charge in [-0.05, 0) is 71.9 Å². The molecular formula is C29H17N3S3. The Balaban J connectivity index is 1.49. The molecule has 8 rings (SSSR count). The van der Waals surface area contributed by atoms with Gasteiger partial charge in [-0.2, -0.15) is 0 Å². The van der Waals surface area contributed by atoms with Gasteiger partial charge in [-0.1, -0.05) is 39.8 Å². The monoisotopic (exact) mass is 503 g/mol. The maximum atomic E-state index is 6.07. The molecule has 0 saturated heterocycles. The van der Waals surface area contributed by atoms with Crippen LogP contribution in [0.3, 0.4) is 0 Å². The minimum atomic E-state index is -0.427. The van der Waals surface area contributed by atoms with Gasteiger partial charge in [0.25, 0.3) is 0 Å². The van der Waals surface area contributed by atoms with Crippen molar-refractivity contribution < 1.29 is 0 Å². The van der Waals surface area contributed by atoms with E-state index in [1.54, 1.807) is 0 Å². The predicted octanol–water partition coefficient (Wildman–Crippen LogP) is 8.10. The quantitative estimate of drug-likeness (QED) is 0.245. The van der Waals surface area contributed by atoms with Crippen molar-refractivity contribution >= 4 is 85.5 Å². The summed E-state index contributed by atoms with van der Waals surface area (Å²) in [5.41, 5.74) is 6.66. The first kappa shape index (κ1) is 19.7. The van der Waals surface area contributed by atoms with Gasteiger partial charge in [0, 0.05) is 47.2 Å². The van der Waals surface area contributed by atoms with E-state index < -0.39 is 9.45 Å². The molecule has 4 heterocycles. The molecule has 4 aromatic carbocycles. The van der Waals surface area contributed by atoms with E-state index >= 15 is 0 Å². The Bertz CT molecular complexity index is 2020. The molecule has 3 nitrogen and oxygen atoms in total. The topological polar surface area (TPSA) is 29.9 Å². The average Bonchev–Trinajstić information content (AvgIpc) is 3.44. The van der Waals surface area contributed by atoms with Crippen LogP contribution in [0.5, 0.6) is 0 Å². The summed E-state index contributed by atoms with van der Waals surface area (Å²) in [5, 5.41) is 7.35. The van der Waals surface area contributed by atoms with Gasteiger partial charge in [0.15, 0.2) is 0 Å². The summed E-state index contributed by atoms with van der Waals surface area (Å²) < 4.78 is 4.98. The van der Waals surface area contributed by atoms with Gasteiger partial charge in [0.1, 0.15) is 0 Å². The van der Waals surface area contributed by atoms with Gasteiger partial charge in [0.2, 0.25) is 0 Å². The normalized spacial score (nSPS) is 14.9. The Labute approximate surface area is 212 Å². The smallest absolute Gasteiger partial charge is 0.0963 e. The predicted molar refractivity (Wildman–Crippen MR) is 152 cm³/mol. The molecule has 0 radical (unpaired) electrons. The van der Waals surface area contributed by atoms with E-state index in [1.807, 2.05) is 23.6 Å². The second kappa shape index (κ2) is 7.21. The minimum Gasteiger partial charge on any atom is -0.354 e. The van der Waals surface area contributed by atoms with Crippen LogP contribution in [-0.2, 0) is 20.6 Å². The number of fused-ring (bicyclic) bond motifs is 9. The zero-order valence-electron chi connectivity index (χ0n) is 18.4. The van der Waals surface area contributed by atoms with Crippen molar-refractivity contribution in [2.45, 2.75) is 9.79 Å². The van der Waals surface area contributed by atoms with Crippen LogP contribution in [-0.4, -0.2) is 9.55 Å². The highest BCUT2D eigenvalue weighted by atomic mass is 32.8. The third-order valence-electron chi connectivity index (χ3n) is 6.80. The second-order valence-corrected chi connectivity index (χ2v) is 12.2. The van der Waals surface area contributed by atoms with Crippen molar-refractivity contribution in [2.24, 2.45) is 0 Å². The molecule has 7 aromatic rings. The lowest BCUT2D eigenvalue weighted by Crippen LogP contribution is -2.08. The molecule has 0 saturated carbocycles. The van der Waals surface area contributed by atoms with Crippen molar-refractivity contribution in [1.82, 2.24) is 9.55 Å². The first-order chi connectivity index (χ1) is 17.3. The summed E-state index contributed by atoms with van der Waals surface area (Å²) in [5.74, 6) is 0. The Morgan fingerprint density at radius 3 is 2.60 bits per heavy atom. The first-order valence-corrected chi connectivity index (χ1v) is 14.4. The minimum absolute atomic E-state index is 0.427. The zero-order chi connectivity index (χ0) is 23.1. The summed E-state index contributed by atoms with van der Waals surface area (Å²) in [4.78, 5) is 7.16. The Hall–Kier alpha value is -3.58. The number of para-hydroxylation sites is 1. The number of aromatic nitrogens is 2. The zero-order valence-corrected chi connectivity index (χ0v) is 20.8. The van der Waals surface area contributed by atoms with Gasteiger partial charge in [-0.25, -0.2) is 0 Å². The number of benzene rings is 4. The Morgan fingerprint density at radius 2 is 1.63 bits per heavy atom. The van der Waals surface area contributed by atoms with Crippen LogP contribution in [0.1, 0.15) is 0 Å². The lowest BCUT2D eigenvalue weighted by molar-refractivity contribution is 1.16. The van der Waals surface area contributed by atoms with E-state index in [-0.39, 0.29) is 0 Å². The fourth-order valence-corrected chi connectivity index (χ4v) is 8.56. The van der Waals surface area contributed by atoms with Gasteiger partial charge in [-0.3, -0.25) is 4.98 Å². The van der Waals surface area contributed by atoms with Gasteiger partial charge in [0.05, 0.1) is 27.9 Å². The molecule has 0 aliphatic carbocycles. The van der Waals surface area contributed by atoms with Crippen LogP contribution >= 0.6 is 11.3 Å². The van der Waals surface area contributed by atoms with Crippen molar-refractivity contribution in [3.05, 3.63) is 97.2 Å². The summed E-state index contributed by atoms with van der Waals surface area (Å²) in [7, 11) is -0.427. The van der Waals surface area contributed by atoms with Crippen LogP contribution in [0.2, 0.25) is 0 Å². The van der Waals surface area contributed by atoms with Crippen LogP contribution in [0, 0.1) is 0 Å². The number of pyridine rings is 1. The molecule has 0 spiro atoms. The number of hydrogen-bond donors (Lipinski definition) is 1. The van der Waals surface area contributed by atoms with Crippen LogP contribution in [0.25, 0.3) is 47.8 Å². The molecule has 0 fully saturated rings. The molecule has 0 bridgehead atoms. The highest BCUT2D eigenvalue weighted by molar-refractivity contribution is 8.29. The van der Waals surface area contributed by atoms with Crippen LogP contribution < -0.4 is 5.32 Å². The number of hydrogen-bond acceptors (Lipinski definition) is 4. The van der Waals surface area contributed by atoms with E-state index in [0.29, 0.717) is 0 Å². The summed E-state index contributed by atoms with van der Waals surface area (Å²) in [6, 6.07) is 32.4. The molecule has 166 valence electrons.